The number of ether oxygens (including phenoxy) is 1. The van der Waals surface area contributed by atoms with E-state index in [9.17, 15) is 4.79 Å². The van der Waals surface area contributed by atoms with E-state index in [1.165, 1.54) is 0 Å². The van der Waals surface area contributed by atoms with Crippen LogP contribution in [0.1, 0.15) is 10.4 Å². The molecule has 27 heavy (non-hydrogen) atoms. The summed E-state index contributed by atoms with van der Waals surface area (Å²) in [5.41, 5.74) is 1.65. The summed E-state index contributed by atoms with van der Waals surface area (Å²) in [5.74, 6) is 0.765. The summed E-state index contributed by atoms with van der Waals surface area (Å²) in [4.78, 5) is 16.9. The van der Waals surface area contributed by atoms with Gasteiger partial charge in [0, 0.05) is 44.8 Å². The molecule has 1 amide bonds. The van der Waals surface area contributed by atoms with Crippen LogP contribution in [0, 0.1) is 0 Å². The Morgan fingerprint density at radius 1 is 1.07 bits per heavy atom. The molecule has 0 unspecified atom stereocenters. The third-order valence-electron chi connectivity index (χ3n) is 4.69. The predicted octanol–water partition coefficient (Wildman–Crippen LogP) is 3.55. The van der Waals surface area contributed by atoms with Crippen LogP contribution in [0.4, 0.5) is 5.69 Å². The Kier molecular flexibility index (Phi) is 6.83. The highest BCUT2D eigenvalue weighted by Crippen LogP contribution is 2.28. The van der Waals surface area contributed by atoms with Gasteiger partial charge < -0.3 is 15.0 Å². The van der Waals surface area contributed by atoms with Crippen molar-refractivity contribution < 1.29 is 9.53 Å². The summed E-state index contributed by atoms with van der Waals surface area (Å²) in [6.45, 7) is 5.16. The smallest absolute Gasteiger partial charge is 0.251 e. The number of methoxy groups -OCH3 is 1. The molecule has 0 radical (unpaired) electrons. The van der Waals surface area contributed by atoms with Gasteiger partial charge in [0.1, 0.15) is 5.75 Å². The second-order valence-electron chi connectivity index (χ2n) is 6.39. The fraction of sp³-hybridized carbons (Fsp3) is 0.350. The number of hydrogen-bond acceptors (Lipinski definition) is 4. The van der Waals surface area contributed by atoms with Crippen LogP contribution in [0.2, 0.25) is 10.0 Å². The van der Waals surface area contributed by atoms with Crippen molar-refractivity contribution in [2.75, 3.05) is 51.3 Å². The second-order valence-corrected chi connectivity index (χ2v) is 7.20. The molecule has 2 aromatic carbocycles. The molecule has 0 saturated carbocycles. The number of halogens is 2. The third kappa shape index (κ3) is 5.06. The third-order valence-corrected chi connectivity index (χ3v) is 5.43. The Balaban J connectivity index is 1.44. The summed E-state index contributed by atoms with van der Waals surface area (Å²) >= 11 is 11.8. The lowest BCUT2D eigenvalue weighted by Crippen LogP contribution is -2.48. The van der Waals surface area contributed by atoms with Crippen LogP contribution >= 0.6 is 23.2 Å². The van der Waals surface area contributed by atoms with Crippen LogP contribution in [0.15, 0.2) is 42.5 Å². The Bertz CT molecular complexity index is 793. The summed E-state index contributed by atoms with van der Waals surface area (Å²) < 4.78 is 5.45. The first-order chi connectivity index (χ1) is 13.1. The summed E-state index contributed by atoms with van der Waals surface area (Å²) in [6.07, 6.45) is 0. The monoisotopic (exact) mass is 407 g/mol. The van der Waals surface area contributed by atoms with E-state index in [2.05, 4.69) is 21.2 Å². The van der Waals surface area contributed by atoms with Crippen molar-refractivity contribution in [3.63, 3.8) is 0 Å². The van der Waals surface area contributed by atoms with Crippen LogP contribution in [-0.4, -0.2) is 57.2 Å². The highest BCUT2D eigenvalue weighted by molar-refractivity contribution is 6.42. The molecule has 0 spiro atoms. The Morgan fingerprint density at radius 2 is 1.81 bits per heavy atom. The number of piperazine rings is 1. The number of carbonyl (C=O) groups excluding carboxylic acids is 1. The lowest BCUT2D eigenvalue weighted by Gasteiger charge is -2.36. The maximum atomic E-state index is 12.2. The number of nitrogens with one attached hydrogen (secondary N) is 1. The van der Waals surface area contributed by atoms with E-state index in [0.717, 1.165) is 44.2 Å². The number of carbonyl (C=O) groups is 1. The molecule has 1 fully saturated rings. The van der Waals surface area contributed by atoms with Gasteiger partial charge in [-0.2, -0.15) is 0 Å². The van der Waals surface area contributed by atoms with Gasteiger partial charge in [0.25, 0.3) is 5.91 Å². The minimum absolute atomic E-state index is 0.138. The van der Waals surface area contributed by atoms with Crippen LogP contribution in [-0.2, 0) is 0 Å². The zero-order valence-electron chi connectivity index (χ0n) is 15.3. The Morgan fingerprint density at radius 3 is 2.52 bits per heavy atom. The maximum absolute atomic E-state index is 12.2. The highest BCUT2D eigenvalue weighted by atomic mass is 35.5. The Labute approximate surface area is 169 Å². The molecule has 0 aliphatic carbocycles. The molecule has 1 aliphatic rings. The van der Waals surface area contributed by atoms with Crippen molar-refractivity contribution in [3.05, 3.63) is 58.1 Å². The average Bonchev–Trinajstić information content (AvgIpc) is 2.70. The molecule has 0 bridgehead atoms. The van der Waals surface area contributed by atoms with E-state index >= 15 is 0 Å². The maximum Gasteiger partial charge on any atom is 0.251 e. The number of hydrogen-bond donors (Lipinski definition) is 1. The topological polar surface area (TPSA) is 44.8 Å². The summed E-state index contributed by atoms with van der Waals surface area (Å²) in [6, 6.07) is 13.0. The number of nitrogens with zero attached hydrogens (tertiary/aromatic N) is 2. The fourth-order valence-corrected chi connectivity index (χ4v) is 3.47. The second kappa shape index (κ2) is 9.31. The van der Waals surface area contributed by atoms with E-state index in [0.29, 0.717) is 22.2 Å². The van der Waals surface area contributed by atoms with Gasteiger partial charge in [-0.1, -0.05) is 35.3 Å². The average molecular weight is 408 g/mol. The van der Waals surface area contributed by atoms with Crippen molar-refractivity contribution in [1.29, 1.82) is 0 Å². The molecule has 0 atom stereocenters. The molecule has 5 nitrogen and oxygen atoms in total. The lowest BCUT2D eigenvalue weighted by atomic mass is 10.2. The minimum Gasteiger partial charge on any atom is -0.495 e. The molecule has 1 aliphatic heterocycles. The minimum atomic E-state index is -0.138. The Hall–Kier alpha value is -1.95. The molecular formula is C20H23Cl2N3O2. The number of benzene rings is 2. The number of para-hydroxylation sites is 2. The van der Waals surface area contributed by atoms with Gasteiger partial charge in [-0.05, 0) is 30.3 Å². The van der Waals surface area contributed by atoms with Crippen molar-refractivity contribution in [2.24, 2.45) is 0 Å². The molecule has 0 aromatic heterocycles. The molecule has 3 rings (SSSR count). The first-order valence-corrected chi connectivity index (χ1v) is 9.67. The predicted molar refractivity (Wildman–Crippen MR) is 110 cm³/mol. The van der Waals surface area contributed by atoms with Gasteiger partial charge in [0.15, 0.2) is 0 Å². The molecule has 1 N–H and O–H groups in total. The van der Waals surface area contributed by atoms with Gasteiger partial charge in [-0.3, -0.25) is 9.69 Å². The van der Waals surface area contributed by atoms with Crippen molar-refractivity contribution >= 4 is 34.8 Å². The van der Waals surface area contributed by atoms with Crippen molar-refractivity contribution in [3.8, 4) is 5.75 Å². The zero-order valence-corrected chi connectivity index (χ0v) is 16.8. The molecule has 144 valence electrons. The van der Waals surface area contributed by atoms with Crippen LogP contribution < -0.4 is 15.0 Å². The quantitative estimate of drug-likeness (QED) is 0.794. The molecule has 1 heterocycles. The summed E-state index contributed by atoms with van der Waals surface area (Å²) in [7, 11) is 1.70. The zero-order chi connectivity index (χ0) is 19.2. The van der Waals surface area contributed by atoms with Crippen molar-refractivity contribution in [1.82, 2.24) is 10.2 Å². The van der Waals surface area contributed by atoms with Crippen LogP contribution in [0.5, 0.6) is 5.75 Å². The molecule has 2 aromatic rings. The molecule has 1 saturated heterocycles. The van der Waals surface area contributed by atoms with Gasteiger partial charge in [0.05, 0.1) is 22.8 Å². The fourth-order valence-electron chi connectivity index (χ4n) is 3.17. The normalized spacial score (nSPS) is 14.9. The number of anilines is 1. The largest absolute Gasteiger partial charge is 0.495 e. The first kappa shape index (κ1) is 19.8. The van der Waals surface area contributed by atoms with Crippen molar-refractivity contribution in [2.45, 2.75) is 0 Å². The standard InChI is InChI=1S/C20H23Cl2N3O2/c1-27-19-5-3-2-4-18(19)25-12-10-24(11-13-25)9-8-23-20(26)15-6-7-16(21)17(22)14-15/h2-7,14H,8-13H2,1H3,(H,23,26). The van der Waals surface area contributed by atoms with Crippen LogP contribution in [0.3, 0.4) is 0 Å². The van der Waals surface area contributed by atoms with Gasteiger partial charge in [-0.15, -0.1) is 0 Å². The summed E-state index contributed by atoms with van der Waals surface area (Å²) in [5, 5.41) is 3.77. The van der Waals surface area contributed by atoms with E-state index in [-0.39, 0.29) is 5.91 Å². The van der Waals surface area contributed by atoms with Crippen LogP contribution in [0.25, 0.3) is 0 Å². The van der Waals surface area contributed by atoms with E-state index in [1.54, 1.807) is 25.3 Å². The number of amides is 1. The van der Waals surface area contributed by atoms with E-state index in [4.69, 9.17) is 27.9 Å². The lowest BCUT2D eigenvalue weighted by molar-refractivity contribution is 0.0948. The molecular weight excluding hydrogens is 385 g/mol. The van der Waals surface area contributed by atoms with E-state index in [1.807, 2.05) is 18.2 Å². The first-order valence-electron chi connectivity index (χ1n) is 8.92. The highest BCUT2D eigenvalue weighted by Gasteiger charge is 2.19. The van der Waals surface area contributed by atoms with Gasteiger partial charge in [0.2, 0.25) is 0 Å². The van der Waals surface area contributed by atoms with E-state index < -0.39 is 0 Å². The van der Waals surface area contributed by atoms with Gasteiger partial charge in [-0.25, -0.2) is 0 Å². The molecule has 7 heteroatoms. The SMILES string of the molecule is COc1ccccc1N1CCN(CCNC(=O)c2ccc(Cl)c(Cl)c2)CC1. The number of rotatable bonds is 6. The van der Waals surface area contributed by atoms with Gasteiger partial charge >= 0.3 is 0 Å².